The smallest absolute Gasteiger partial charge is 0.246 e. The summed E-state index contributed by atoms with van der Waals surface area (Å²) >= 11 is 0. The van der Waals surface area contributed by atoms with Crippen molar-refractivity contribution >= 4 is 17.5 Å². The van der Waals surface area contributed by atoms with E-state index in [9.17, 15) is 9.59 Å². The standard InChI is InChI=1S/C20H20N2O4/c1-14(23)21(11-15-6-7-18-19(10-15)26-13-25-18)12-20(24)22-9-8-16-4-2-3-5-17(16)22/h2-7,10H,8-9,11-13H2,1H3. The van der Waals surface area contributed by atoms with E-state index in [4.69, 9.17) is 9.47 Å². The normalized spacial score (nSPS) is 14.3. The van der Waals surface area contributed by atoms with Crippen LogP contribution in [0.2, 0.25) is 0 Å². The number of fused-ring (bicyclic) bond motifs is 2. The summed E-state index contributed by atoms with van der Waals surface area (Å²) in [7, 11) is 0. The molecule has 0 saturated carbocycles. The van der Waals surface area contributed by atoms with Gasteiger partial charge in [-0.05, 0) is 35.7 Å². The Hall–Kier alpha value is -3.02. The van der Waals surface area contributed by atoms with Crippen molar-refractivity contribution in [2.45, 2.75) is 19.9 Å². The first-order chi connectivity index (χ1) is 12.6. The second-order valence-electron chi connectivity index (χ2n) is 6.49. The molecule has 0 bridgehead atoms. The fourth-order valence-electron chi connectivity index (χ4n) is 3.38. The summed E-state index contributed by atoms with van der Waals surface area (Å²) in [6.07, 6.45) is 0.851. The molecule has 0 aromatic heterocycles. The van der Waals surface area contributed by atoms with Crippen LogP contribution in [0.4, 0.5) is 5.69 Å². The largest absolute Gasteiger partial charge is 0.454 e. The SMILES string of the molecule is CC(=O)N(CC(=O)N1CCc2ccccc21)Cc1ccc2c(c1)OCO2. The Labute approximate surface area is 151 Å². The van der Waals surface area contributed by atoms with Crippen molar-refractivity contribution in [2.75, 3.05) is 24.8 Å². The van der Waals surface area contributed by atoms with Gasteiger partial charge in [0.2, 0.25) is 18.6 Å². The zero-order valence-corrected chi connectivity index (χ0v) is 14.6. The number of hydrogen-bond acceptors (Lipinski definition) is 4. The van der Waals surface area contributed by atoms with Crippen LogP contribution in [-0.4, -0.2) is 36.6 Å². The lowest BCUT2D eigenvalue weighted by Gasteiger charge is -2.24. The van der Waals surface area contributed by atoms with Crippen molar-refractivity contribution in [3.05, 3.63) is 53.6 Å². The Kier molecular flexibility index (Phi) is 4.24. The fourth-order valence-corrected chi connectivity index (χ4v) is 3.38. The van der Waals surface area contributed by atoms with Gasteiger partial charge in [-0.3, -0.25) is 9.59 Å². The number of anilines is 1. The third kappa shape index (κ3) is 3.10. The lowest BCUT2D eigenvalue weighted by molar-refractivity contribution is -0.134. The van der Waals surface area contributed by atoms with Gasteiger partial charge in [-0.25, -0.2) is 0 Å². The molecule has 0 unspecified atom stereocenters. The molecule has 0 atom stereocenters. The number of para-hydroxylation sites is 1. The van der Waals surface area contributed by atoms with Crippen LogP contribution in [0.3, 0.4) is 0 Å². The van der Waals surface area contributed by atoms with Crippen LogP contribution in [0.1, 0.15) is 18.1 Å². The first kappa shape index (κ1) is 16.4. The van der Waals surface area contributed by atoms with E-state index in [0.29, 0.717) is 24.6 Å². The minimum atomic E-state index is -0.136. The van der Waals surface area contributed by atoms with Gasteiger partial charge in [-0.15, -0.1) is 0 Å². The molecule has 0 N–H and O–H groups in total. The predicted molar refractivity (Wildman–Crippen MR) is 96.2 cm³/mol. The molecule has 6 heteroatoms. The number of carbonyl (C=O) groups is 2. The molecule has 26 heavy (non-hydrogen) atoms. The Morgan fingerprint density at radius 3 is 2.77 bits per heavy atom. The van der Waals surface area contributed by atoms with E-state index in [1.54, 1.807) is 9.80 Å². The zero-order valence-electron chi connectivity index (χ0n) is 14.6. The first-order valence-corrected chi connectivity index (χ1v) is 8.64. The first-order valence-electron chi connectivity index (χ1n) is 8.64. The van der Waals surface area contributed by atoms with E-state index >= 15 is 0 Å². The van der Waals surface area contributed by atoms with Gasteiger partial charge in [0, 0.05) is 25.7 Å². The van der Waals surface area contributed by atoms with Crippen molar-refractivity contribution in [1.29, 1.82) is 0 Å². The van der Waals surface area contributed by atoms with Crippen molar-refractivity contribution in [1.82, 2.24) is 4.90 Å². The van der Waals surface area contributed by atoms with Crippen LogP contribution in [0.15, 0.2) is 42.5 Å². The molecule has 0 radical (unpaired) electrons. The average Bonchev–Trinajstić information content (AvgIpc) is 3.27. The summed E-state index contributed by atoms with van der Waals surface area (Å²) in [6, 6.07) is 13.5. The second kappa shape index (κ2) is 6.71. The van der Waals surface area contributed by atoms with E-state index < -0.39 is 0 Å². The number of benzene rings is 2. The van der Waals surface area contributed by atoms with Gasteiger partial charge in [0.15, 0.2) is 11.5 Å². The molecule has 2 aliphatic rings. The van der Waals surface area contributed by atoms with Crippen molar-refractivity contribution < 1.29 is 19.1 Å². The molecule has 0 spiro atoms. The van der Waals surface area contributed by atoms with Gasteiger partial charge in [0.25, 0.3) is 0 Å². The van der Waals surface area contributed by atoms with E-state index in [1.807, 2.05) is 42.5 Å². The molecule has 2 amide bonds. The number of amides is 2. The number of hydrogen-bond donors (Lipinski definition) is 0. The summed E-state index contributed by atoms with van der Waals surface area (Å²) in [6.45, 7) is 2.76. The Morgan fingerprint density at radius 2 is 1.92 bits per heavy atom. The van der Waals surface area contributed by atoms with Crippen LogP contribution in [0.5, 0.6) is 11.5 Å². The van der Waals surface area contributed by atoms with Gasteiger partial charge in [0.05, 0.1) is 0 Å². The molecule has 2 heterocycles. The van der Waals surface area contributed by atoms with Crippen LogP contribution >= 0.6 is 0 Å². The predicted octanol–water partition coefficient (Wildman–Crippen LogP) is 2.35. The van der Waals surface area contributed by atoms with Gasteiger partial charge in [-0.2, -0.15) is 0 Å². The molecule has 6 nitrogen and oxygen atoms in total. The average molecular weight is 352 g/mol. The molecule has 0 fully saturated rings. The molecular formula is C20H20N2O4. The van der Waals surface area contributed by atoms with E-state index in [1.165, 1.54) is 12.5 Å². The third-order valence-corrected chi connectivity index (χ3v) is 4.77. The number of ether oxygens (including phenoxy) is 2. The van der Waals surface area contributed by atoms with Gasteiger partial charge >= 0.3 is 0 Å². The van der Waals surface area contributed by atoms with Crippen molar-refractivity contribution in [2.24, 2.45) is 0 Å². The Bertz CT molecular complexity index is 865. The molecular weight excluding hydrogens is 332 g/mol. The summed E-state index contributed by atoms with van der Waals surface area (Å²) < 4.78 is 10.7. The van der Waals surface area contributed by atoms with E-state index in [0.717, 1.165) is 17.7 Å². The zero-order chi connectivity index (χ0) is 18.1. The fraction of sp³-hybridized carbons (Fsp3) is 0.300. The highest BCUT2D eigenvalue weighted by molar-refractivity contribution is 5.98. The maximum absolute atomic E-state index is 12.8. The monoisotopic (exact) mass is 352 g/mol. The van der Waals surface area contributed by atoms with Gasteiger partial charge in [0.1, 0.15) is 6.54 Å². The minimum Gasteiger partial charge on any atom is -0.454 e. The molecule has 0 aliphatic carbocycles. The quantitative estimate of drug-likeness (QED) is 0.848. The maximum atomic E-state index is 12.8. The molecule has 0 saturated heterocycles. The Morgan fingerprint density at radius 1 is 1.12 bits per heavy atom. The summed E-state index contributed by atoms with van der Waals surface area (Å²) in [5, 5.41) is 0. The van der Waals surface area contributed by atoms with Crippen LogP contribution < -0.4 is 14.4 Å². The van der Waals surface area contributed by atoms with E-state index in [-0.39, 0.29) is 25.2 Å². The number of nitrogens with zero attached hydrogens (tertiary/aromatic N) is 2. The molecule has 134 valence electrons. The highest BCUT2D eigenvalue weighted by atomic mass is 16.7. The van der Waals surface area contributed by atoms with Gasteiger partial charge in [-0.1, -0.05) is 24.3 Å². The summed E-state index contributed by atoms with van der Waals surface area (Å²) in [5.41, 5.74) is 3.02. The maximum Gasteiger partial charge on any atom is 0.246 e. The topological polar surface area (TPSA) is 59.1 Å². The van der Waals surface area contributed by atoms with Gasteiger partial charge < -0.3 is 19.3 Å². The summed E-state index contributed by atoms with van der Waals surface area (Å²) in [5.74, 6) is 1.17. The van der Waals surface area contributed by atoms with Crippen LogP contribution in [0.25, 0.3) is 0 Å². The minimum absolute atomic E-state index is 0.0537. The molecule has 4 rings (SSSR count). The lowest BCUT2D eigenvalue weighted by Crippen LogP contribution is -2.41. The molecule has 2 aromatic rings. The van der Waals surface area contributed by atoms with Crippen molar-refractivity contribution in [3.63, 3.8) is 0 Å². The molecule has 2 aromatic carbocycles. The summed E-state index contributed by atoms with van der Waals surface area (Å²) in [4.78, 5) is 28.2. The third-order valence-electron chi connectivity index (χ3n) is 4.77. The second-order valence-corrected chi connectivity index (χ2v) is 6.49. The van der Waals surface area contributed by atoms with Crippen molar-refractivity contribution in [3.8, 4) is 11.5 Å². The number of carbonyl (C=O) groups excluding carboxylic acids is 2. The van der Waals surface area contributed by atoms with Crippen LogP contribution in [-0.2, 0) is 22.6 Å². The molecule has 2 aliphatic heterocycles. The number of rotatable bonds is 4. The van der Waals surface area contributed by atoms with Crippen LogP contribution in [0, 0.1) is 0 Å². The highest BCUT2D eigenvalue weighted by Gasteiger charge is 2.26. The lowest BCUT2D eigenvalue weighted by atomic mass is 10.2. The Balaban J connectivity index is 1.47. The highest BCUT2D eigenvalue weighted by Crippen LogP contribution is 2.33. The van der Waals surface area contributed by atoms with E-state index in [2.05, 4.69) is 0 Å².